The smallest absolute Gasteiger partial charge is 0.293 e. The summed E-state index contributed by atoms with van der Waals surface area (Å²) in [7, 11) is 0. The Bertz CT molecular complexity index is 726. The molecule has 2 fully saturated rings. The van der Waals surface area contributed by atoms with Gasteiger partial charge in [-0.2, -0.15) is 0 Å². The summed E-state index contributed by atoms with van der Waals surface area (Å²) in [6.07, 6.45) is 1.93. The number of carbonyl (C=O) groups excluding carboxylic acids is 2. The predicted octanol–water partition coefficient (Wildman–Crippen LogP) is 0.745. The molecule has 0 spiro atoms. The molecule has 0 aromatic heterocycles. The van der Waals surface area contributed by atoms with Gasteiger partial charge in [-0.15, -0.1) is 0 Å². The fourth-order valence-corrected chi connectivity index (χ4v) is 3.18. The van der Waals surface area contributed by atoms with Crippen LogP contribution in [0.25, 0.3) is 0 Å². The second-order valence-corrected chi connectivity index (χ2v) is 6.93. The number of amides is 2. The first kappa shape index (κ1) is 19.1. The van der Waals surface area contributed by atoms with Crippen LogP contribution in [-0.2, 0) is 4.79 Å². The lowest BCUT2D eigenvalue weighted by molar-refractivity contribution is -0.384. The second-order valence-electron chi connectivity index (χ2n) is 6.93. The molecule has 1 aromatic rings. The van der Waals surface area contributed by atoms with Crippen molar-refractivity contribution in [2.24, 2.45) is 0 Å². The van der Waals surface area contributed by atoms with Crippen LogP contribution in [0.2, 0.25) is 0 Å². The Hall–Kier alpha value is -2.68. The van der Waals surface area contributed by atoms with Crippen LogP contribution >= 0.6 is 0 Å². The number of rotatable bonds is 7. The zero-order valence-electron chi connectivity index (χ0n) is 15.4. The summed E-state index contributed by atoms with van der Waals surface area (Å²) in [6.45, 7) is 5.30. The molecule has 9 nitrogen and oxygen atoms in total. The first-order valence-corrected chi connectivity index (χ1v) is 9.31. The minimum absolute atomic E-state index is 0.0111. The quantitative estimate of drug-likeness (QED) is 0.538. The van der Waals surface area contributed by atoms with Gasteiger partial charge in [-0.3, -0.25) is 24.6 Å². The van der Waals surface area contributed by atoms with Crippen LogP contribution in [0.3, 0.4) is 0 Å². The molecule has 1 saturated heterocycles. The van der Waals surface area contributed by atoms with Crippen LogP contribution in [0.4, 0.5) is 11.4 Å². The lowest BCUT2D eigenvalue weighted by Gasteiger charge is -2.35. The monoisotopic (exact) mass is 375 g/mol. The number of carbonyl (C=O) groups is 2. The van der Waals surface area contributed by atoms with Gasteiger partial charge in [0.05, 0.1) is 11.5 Å². The van der Waals surface area contributed by atoms with E-state index in [1.807, 2.05) is 16.7 Å². The van der Waals surface area contributed by atoms with Gasteiger partial charge in [0.15, 0.2) is 0 Å². The largest absolute Gasteiger partial charge is 0.363 e. The standard InChI is InChI=1S/C18H25N5O4/c1-2-19-17(24)12-21-7-9-22(10-8-21)15-6-3-13(11-16(15)23(26)27)18(25)20-14-4-5-14/h3,6,11,14H,2,4-5,7-10,12H2,1H3,(H,19,24)(H,20,25). The SMILES string of the molecule is CCNC(=O)CN1CCN(c2ccc(C(=O)NC3CC3)cc2[N+](=O)[O-])CC1. The van der Waals surface area contributed by atoms with Gasteiger partial charge in [0.25, 0.3) is 11.6 Å². The van der Waals surface area contributed by atoms with E-state index in [0.717, 1.165) is 12.8 Å². The number of benzene rings is 1. The summed E-state index contributed by atoms with van der Waals surface area (Å²) in [5.41, 5.74) is 0.767. The van der Waals surface area contributed by atoms with Crippen molar-refractivity contribution in [2.45, 2.75) is 25.8 Å². The van der Waals surface area contributed by atoms with Crippen molar-refractivity contribution in [2.75, 3.05) is 44.2 Å². The van der Waals surface area contributed by atoms with Crippen molar-refractivity contribution in [1.82, 2.24) is 15.5 Å². The number of likely N-dealkylation sites (N-methyl/N-ethyl adjacent to an activating group) is 1. The van der Waals surface area contributed by atoms with Crippen LogP contribution in [0, 0.1) is 10.1 Å². The van der Waals surface area contributed by atoms with Gasteiger partial charge in [0.1, 0.15) is 5.69 Å². The second kappa shape index (κ2) is 8.34. The molecule has 1 heterocycles. The fraction of sp³-hybridized carbons (Fsp3) is 0.556. The average Bonchev–Trinajstić information content (AvgIpc) is 3.46. The van der Waals surface area contributed by atoms with Crippen LogP contribution in [0.15, 0.2) is 18.2 Å². The van der Waals surface area contributed by atoms with Gasteiger partial charge in [0, 0.05) is 50.4 Å². The highest BCUT2D eigenvalue weighted by molar-refractivity contribution is 5.96. The maximum absolute atomic E-state index is 12.2. The van der Waals surface area contributed by atoms with Crippen molar-refractivity contribution < 1.29 is 14.5 Å². The van der Waals surface area contributed by atoms with E-state index >= 15 is 0 Å². The highest BCUT2D eigenvalue weighted by atomic mass is 16.6. The Labute approximate surface area is 157 Å². The molecule has 0 bridgehead atoms. The summed E-state index contributed by atoms with van der Waals surface area (Å²) in [5.74, 6) is -0.276. The van der Waals surface area contributed by atoms with Crippen molar-refractivity contribution in [3.05, 3.63) is 33.9 Å². The van der Waals surface area contributed by atoms with E-state index in [0.29, 0.717) is 50.5 Å². The zero-order chi connectivity index (χ0) is 19.4. The van der Waals surface area contributed by atoms with Crippen LogP contribution in [0.5, 0.6) is 0 Å². The predicted molar refractivity (Wildman–Crippen MR) is 101 cm³/mol. The maximum atomic E-state index is 12.2. The summed E-state index contributed by atoms with van der Waals surface area (Å²) in [4.78, 5) is 38.9. The number of nitro groups is 1. The molecule has 1 aliphatic carbocycles. The van der Waals surface area contributed by atoms with E-state index in [2.05, 4.69) is 10.6 Å². The summed E-state index contributed by atoms with van der Waals surface area (Å²) >= 11 is 0. The molecule has 0 atom stereocenters. The molecule has 1 aliphatic heterocycles. The molecule has 2 N–H and O–H groups in total. The lowest BCUT2D eigenvalue weighted by Crippen LogP contribution is -2.49. The number of piperazine rings is 1. The molecule has 2 aliphatic rings. The number of anilines is 1. The Morgan fingerprint density at radius 3 is 2.52 bits per heavy atom. The molecule has 0 radical (unpaired) electrons. The lowest BCUT2D eigenvalue weighted by atomic mass is 10.1. The number of hydrogen-bond acceptors (Lipinski definition) is 6. The summed E-state index contributed by atoms with van der Waals surface area (Å²) in [6, 6.07) is 4.85. The topological polar surface area (TPSA) is 108 Å². The van der Waals surface area contributed by atoms with Gasteiger partial charge in [-0.05, 0) is 31.9 Å². The van der Waals surface area contributed by atoms with Gasteiger partial charge in [0.2, 0.25) is 5.91 Å². The fourth-order valence-electron chi connectivity index (χ4n) is 3.18. The van der Waals surface area contributed by atoms with Crippen molar-refractivity contribution in [3.8, 4) is 0 Å². The number of nitro benzene ring substituents is 1. The van der Waals surface area contributed by atoms with Crippen LogP contribution in [0.1, 0.15) is 30.1 Å². The minimum atomic E-state index is -0.440. The molecular weight excluding hydrogens is 350 g/mol. The molecule has 3 rings (SSSR count). The van der Waals surface area contributed by atoms with E-state index in [-0.39, 0.29) is 23.5 Å². The summed E-state index contributed by atoms with van der Waals surface area (Å²) in [5, 5.41) is 17.2. The zero-order valence-corrected chi connectivity index (χ0v) is 15.4. The van der Waals surface area contributed by atoms with Gasteiger partial charge >= 0.3 is 0 Å². The van der Waals surface area contributed by atoms with E-state index in [1.54, 1.807) is 12.1 Å². The van der Waals surface area contributed by atoms with Gasteiger partial charge in [-0.25, -0.2) is 0 Å². The minimum Gasteiger partial charge on any atom is -0.363 e. The molecule has 27 heavy (non-hydrogen) atoms. The third-order valence-electron chi connectivity index (χ3n) is 4.80. The van der Waals surface area contributed by atoms with Crippen molar-refractivity contribution in [3.63, 3.8) is 0 Å². The Balaban J connectivity index is 1.66. The Morgan fingerprint density at radius 1 is 1.22 bits per heavy atom. The molecule has 1 saturated carbocycles. The molecule has 2 amide bonds. The summed E-state index contributed by atoms with van der Waals surface area (Å²) < 4.78 is 0. The first-order chi connectivity index (χ1) is 13.0. The van der Waals surface area contributed by atoms with Crippen LogP contribution in [-0.4, -0.2) is 66.9 Å². The number of hydrogen-bond donors (Lipinski definition) is 2. The van der Waals surface area contributed by atoms with Gasteiger partial charge in [-0.1, -0.05) is 0 Å². The molecule has 1 aromatic carbocycles. The van der Waals surface area contributed by atoms with E-state index < -0.39 is 4.92 Å². The molecule has 0 unspecified atom stereocenters. The third kappa shape index (κ3) is 4.94. The maximum Gasteiger partial charge on any atom is 0.293 e. The third-order valence-corrected chi connectivity index (χ3v) is 4.80. The molecular formula is C18H25N5O4. The van der Waals surface area contributed by atoms with E-state index in [1.165, 1.54) is 6.07 Å². The normalized spacial score (nSPS) is 17.4. The number of nitrogens with zero attached hydrogens (tertiary/aromatic N) is 3. The highest BCUT2D eigenvalue weighted by Gasteiger charge is 2.28. The number of nitrogens with one attached hydrogen (secondary N) is 2. The molecule has 9 heteroatoms. The first-order valence-electron chi connectivity index (χ1n) is 9.31. The van der Waals surface area contributed by atoms with E-state index in [4.69, 9.17) is 0 Å². The molecule has 146 valence electrons. The Kier molecular flexibility index (Phi) is 5.90. The van der Waals surface area contributed by atoms with Gasteiger partial charge < -0.3 is 15.5 Å². The average molecular weight is 375 g/mol. The van der Waals surface area contributed by atoms with Crippen molar-refractivity contribution >= 4 is 23.2 Å². The van der Waals surface area contributed by atoms with E-state index in [9.17, 15) is 19.7 Å². The van der Waals surface area contributed by atoms with Crippen molar-refractivity contribution in [1.29, 1.82) is 0 Å². The van der Waals surface area contributed by atoms with Crippen LogP contribution < -0.4 is 15.5 Å². The Morgan fingerprint density at radius 2 is 1.93 bits per heavy atom. The highest BCUT2D eigenvalue weighted by Crippen LogP contribution is 2.30.